The lowest BCUT2D eigenvalue weighted by Gasteiger charge is -2.24. The summed E-state index contributed by atoms with van der Waals surface area (Å²) in [5.41, 5.74) is 0.547. The van der Waals surface area contributed by atoms with Crippen molar-refractivity contribution >= 4 is 12.1 Å². The van der Waals surface area contributed by atoms with Crippen LogP contribution in [0.5, 0.6) is 0 Å². The third-order valence-electron chi connectivity index (χ3n) is 3.27. The molecule has 5 nitrogen and oxygen atoms in total. The molecule has 0 heterocycles. The summed E-state index contributed by atoms with van der Waals surface area (Å²) < 4.78 is 18.4. The lowest BCUT2D eigenvalue weighted by molar-refractivity contribution is -0.142. The Morgan fingerprint density at radius 1 is 1.38 bits per heavy atom. The zero-order valence-electron chi connectivity index (χ0n) is 12.1. The lowest BCUT2D eigenvalue weighted by atomic mass is 10.0. The molecule has 0 aliphatic heterocycles. The maximum absolute atomic E-state index is 13.2. The number of benzene rings is 1. The largest absolute Gasteiger partial charge is 0.481 e. The Balaban J connectivity index is 2.23. The maximum Gasteiger partial charge on any atom is 0.408 e. The predicted octanol–water partition coefficient (Wildman–Crippen LogP) is 2.65. The lowest BCUT2D eigenvalue weighted by Crippen LogP contribution is -2.38. The zero-order valence-corrected chi connectivity index (χ0v) is 12.1. The minimum atomic E-state index is -1.03. The van der Waals surface area contributed by atoms with Gasteiger partial charge in [0.25, 0.3) is 0 Å². The third-order valence-corrected chi connectivity index (χ3v) is 3.27. The first-order chi connectivity index (χ1) is 9.67. The Labute approximate surface area is 122 Å². The van der Waals surface area contributed by atoms with E-state index < -0.39 is 35.4 Å². The molecule has 0 aromatic heterocycles. The fourth-order valence-electron chi connectivity index (χ4n) is 2.47. The quantitative estimate of drug-likeness (QED) is 0.879. The van der Waals surface area contributed by atoms with Gasteiger partial charge in [-0.1, -0.05) is 6.07 Å². The summed E-state index contributed by atoms with van der Waals surface area (Å²) in [4.78, 5) is 23.2. The number of halogens is 1. The van der Waals surface area contributed by atoms with E-state index >= 15 is 0 Å². The van der Waals surface area contributed by atoms with E-state index in [9.17, 15) is 19.1 Å². The van der Waals surface area contributed by atoms with Gasteiger partial charge in [-0.25, -0.2) is 9.18 Å². The molecule has 0 saturated carbocycles. The summed E-state index contributed by atoms with van der Waals surface area (Å²) in [6, 6.07) is 3.36. The van der Waals surface area contributed by atoms with Gasteiger partial charge in [0.15, 0.2) is 0 Å². The van der Waals surface area contributed by atoms with Gasteiger partial charge in [-0.2, -0.15) is 0 Å². The van der Waals surface area contributed by atoms with Crippen LogP contribution in [0.1, 0.15) is 37.9 Å². The van der Waals surface area contributed by atoms with Gasteiger partial charge in [0.2, 0.25) is 0 Å². The number of ether oxygens (including phenoxy) is 1. The van der Waals surface area contributed by atoms with Crippen LogP contribution in [0.3, 0.4) is 0 Å². The van der Waals surface area contributed by atoms with Crippen LogP contribution in [-0.2, 0) is 16.0 Å². The summed E-state index contributed by atoms with van der Waals surface area (Å²) in [6.07, 6.45) is -0.501. The van der Waals surface area contributed by atoms with Crippen LogP contribution >= 0.6 is 0 Å². The fourth-order valence-corrected chi connectivity index (χ4v) is 2.47. The number of hydrogen-bond acceptors (Lipinski definition) is 3. The normalized spacial score (nSPS) is 20.8. The second-order valence-corrected chi connectivity index (χ2v) is 6.12. The van der Waals surface area contributed by atoms with Crippen molar-refractivity contribution in [3.63, 3.8) is 0 Å². The second kappa shape index (κ2) is 5.35. The summed E-state index contributed by atoms with van der Waals surface area (Å²) in [6.45, 7) is 5.16. The van der Waals surface area contributed by atoms with Crippen LogP contribution in [0.25, 0.3) is 0 Å². The highest BCUT2D eigenvalue weighted by molar-refractivity contribution is 5.76. The molecule has 114 valence electrons. The number of amides is 1. The maximum atomic E-state index is 13.2. The van der Waals surface area contributed by atoms with E-state index in [-0.39, 0.29) is 6.42 Å². The van der Waals surface area contributed by atoms with Gasteiger partial charge in [0.05, 0.1) is 12.0 Å². The molecule has 1 aromatic rings. The Morgan fingerprint density at radius 3 is 2.62 bits per heavy atom. The van der Waals surface area contributed by atoms with Gasteiger partial charge in [-0.15, -0.1) is 0 Å². The Bertz CT molecular complexity index is 580. The molecule has 1 amide bonds. The van der Waals surface area contributed by atoms with Crippen molar-refractivity contribution in [1.82, 2.24) is 5.32 Å². The first-order valence-electron chi connectivity index (χ1n) is 6.68. The molecule has 0 radical (unpaired) electrons. The average molecular weight is 295 g/mol. The molecule has 6 heteroatoms. The van der Waals surface area contributed by atoms with E-state index in [0.717, 1.165) is 0 Å². The minimum Gasteiger partial charge on any atom is -0.481 e. The van der Waals surface area contributed by atoms with Crippen LogP contribution in [-0.4, -0.2) is 22.8 Å². The summed E-state index contributed by atoms with van der Waals surface area (Å²) in [7, 11) is 0. The molecular weight excluding hydrogens is 277 g/mol. The predicted molar refractivity (Wildman–Crippen MR) is 73.3 cm³/mol. The van der Waals surface area contributed by atoms with Crippen LogP contribution in [0.15, 0.2) is 18.2 Å². The van der Waals surface area contributed by atoms with Gasteiger partial charge in [-0.05, 0) is 50.5 Å². The van der Waals surface area contributed by atoms with E-state index in [4.69, 9.17) is 4.74 Å². The van der Waals surface area contributed by atoms with Crippen molar-refractivity contribution < 1.29 is 23.8 Å². The van der Waals surface area contributed by atoms with Crippen LogP contribution in [0.2, 0.25) is 0 Å². The monoisotopic (exact) mass is 295 g/mol. The smallest absolute Gasteiger partial charge is 0.408 e. The Hall–Kier alpha value is -2.11. The highest BCUT2D eigenvalue weighted by Gasteiger charge is 2.39. The van der Waals surface area contributed by atoms with E-state index in [0.29, 0.717) is 11.1 Å². The number of hydrogen-bond donors (Lipinski definition) is 2. The van der Waals surface area contributed by atoms with Crippen molar-refractivity contribution in [2.75, 3.05) is 0 Å². The van der Waals surface area contributed by atoms with E-state index in [2.05, 4.69) is 5.32 Å². The highest BCUT2D eigenvalue weighted by Crippen LogP contribution is 2.36. The molecule has 1 aliphatic rings. The molecular formula is C15H18FNO4. The van der Waals surface area contributed by atoms with E-state index in [1.54, 1.807) is 20.8 Å². The number of alkyl carbamates (subject to hydrolysis) is 1. The van der Waals surface area contributed by atoms with Crippen molar-refractivity contribution in [2.24, 2.45) is 5.92 Å². The van der Waals surface area contributed by atoms with Crippen LogP contribution < -0.4 is 5.32 Å². The summed E-state index contributed by atoms with van der Waals surface area (Å²) in [5, 5.41) is 11.9. The number of carbonyl (C=O) groups is 2. The van der Waals surface area contributed by atoms with Gasteiger partial charge in [-0.3, -0.25) is 4.79 Å². The summed E-state index contributed by atoms with van der Waals surface area (Å²) in [5.74, 6) is -2.28. The van der Waals surface area contributed by atoms with Crippen molar-refractivity contribution in [3.05, 3.63) is 35.1 Å². The van der Waals surface area contributed by atoms with Gasteiger partial charge < -0.3 is 15.2 Å². The number of carbonyl (C=O) groups excluding carboxylic acids is 1. The standard InChI is InChI=1S/C15H18FNO4/c1-15(2,3)21-14(20)17-12-10-5-4-9(16)6-8(10)7-11(12)13(18)19/h4-6,11-12H,7H2,1-3H3,(H,17,20)(H,18,19)/t11-,12+/m1/s1. The molecule has 0 bridgehead atoms. The first kappa shape index (κ1) is 15.3. The Kier molecular flexibility index (Phi) is 3.89. The molecule has 2 N–H and O–H groups in total. The molecule has 2 rings (SSSR count). The van der Waals surface area contributed by atoms with Crippen molar-refractivity contribution in [1.29, 1.82) is 0 Å². The summed E-state index contributed by atoms with van der Waals surface area (Å²) >= 11 is 0. The van der Waals surface area contributed by atoms with E-state index in [1.165, 1.54) is 18.2 Å². The molecule has 0 fully saturated rings. The molecule has 1 aromatic carbocycles. The Morgan fingerprint density at radius 2 is 2.05 bits per heavy atom. The third kappa shape index (κ3) is 3.51. The average Bonchev–Trinajstić information content (AvgIpc) is 2.64. The molecule has 1 aliphatic carbocycles. The van der Waals surface area contributed by atoms with Gasteiger partial charge >= 0.3 is 12.1 Å². The number of fused-ring (bicyclic) bond motifs is 1. The van der Waals surface area contributed by atoms with Crippen LogP contribution in [0.4, 0.5) is 9.18 Å². The van der Waals surface area contributed by atoms with Gasteiger partial charge in [0.1, 0.15) is 11.4 Å². The molecule has 0 unspecified atom stereocenters. The minimum absolute atomic E-state index is 0.183. The van der Waals surface area contributed by atoms with E-state index in [1.807, 2.05) is 0 Å². The second-order valence-electron chi connectivity index (χ2n) is 6.12. The first-order valence-corrected chi connectivity index (χ1v) is 6.68. The van der Waals surface area contributed by atoms with Crippen molar-refractivity contribution in [3.8, 4) is 0 Å². The molecule has 21 heavy (non-hydrogen) atoms. The number of carboxylic acids is 1. The molecule has 0 saturated heterocycles. The number of carboxylic acid groups (broad SMARTS) is 1. The zero-order chi connectivity index (χ0) is 15.8. The SMILES string of the molecule is CC(C)(C)OC(=O)N[C@H]1c2ccc(F)cc2C[C@H]1C(=O)O. The number of nitrogens with one attached hydrogen (secondary N) is 1. The molecule has 0 spiro atoms. The topological polar surface area (TPSA) is 75.6 Å². The van der Waals surface area contributed by atoms with Crippen molar-refractivity contribution in [2.45, 2.75) is 38.8 Å². The molecule has 2 atom stereocenters. The number of aliphatic carboxylic acids is 1. The van der Waals surface area contributed by atoms with Gasteiger partial charge in [0, 0.05) is 0 Å². The number of rotatable bonds is 2. The highest BCUT2D eigenvalue weighted by atomic mass is 19.1. The fraction of sp³-hybridized carbons (Fsp3) is 0.467. The van der Waals surface area contributed by atoms with Crippen LogP contribution in [0, 0.1) is 11.7 Å².